The Kier molecular flexibility index (Phi) is 4.49. The topological polar surface area (TPSA) is 57.7 Å². The number of ether oxygens (including phenoxy) is 3. The number of carbonyl (C=O) groups excluding carboxylic acids is 1. The van der Waals surface area contributed by atoms with E-state index in [4.69, 9.17) is 4.74 Å². The molecule has 0 spiro atoms. The van der Waals surface area contributed by atoms with E-state index >= 15 is 0 Å². The van der Waals surface area contributed by atoms with Crippen molar-refractivity contribution in [3.63, 3.8) is 0 Å². The fourth-order valence-corrected chi connectivity index (χ4v) is 3.02. The average molecular weight is 369 g/mol. The van der Waals surface area contributed by atoms with Crippen molar-refractivity contribution in [3.8, 4) is 17.2 Å². The van der Waals surface area contributed by atoms with Gasteiger partial charge in [0.25, 0.3) is 0 Å². The molecule has 0 saturated heterocycles. The van der Waals surface area contributed by atoms with Gasteiger partial charge in [0.05, 0.1) is 18.0 Å². The summed E-state index contributed by atoms with van der Waals surface area (Å²) in [7, 11) is 1.28. The number of hydrogen-bond donors (Lipinski definition) is 0. The molecule has 9 heteroatoms. The molecule has 0 atom stereocenters. The van der Waals surface area contributed by atoms with E-state index in [1.807, 2.05) is 0 Å². The highest BCUT2D eigenvalue weighted by Crippen LogP contribution is 2.35. The number of benzene rings is 1. The van der Waals surface area contributed by atoms with Crippen molar-refractivity contribution in [2.45, 2.75) is 6.36 Å². The van der Waals surface area contributed by atoms with Gasteiger partial charge in [0.1, 0.15) is 16.4 Å². The largest absolute Gasteiger partial charge is 0.573 e. The van der Waals surface area contributed by atoms with Gasteiger partial charge in [0, 0.05) is 11.6 Å². The van der Waals surface area contributed by atoms with Gasteiger partial charge in [-0.25, -0.2) is 4.79 Å². The Morgan fingerprint density at radius 1 is 1.12 bits per heavy atom. The number of nitrogens with zero attached hydrogens (tertiary/aromatic N) is 1. The molecule has 25 heavy (non-hydrogen) atoms. The van der Waals surface area contributed by atoms with Crippen LogP contribution in [-0.4, -0.2) is 24.4 Å². The second-order valence-electron chi connectivity index (χ2n) is 4.77. The Labute approximate surface area is 143 Å². The number of hydrogen-bond acceptors (Lipinski definition) is 6. The molecule has 3 aromatic rings. The highest BCUT2D eigenvalue weighted by atomic mass is 32.1. The maximum atomic E-state index is 12.2. The molecule has 0 aliphatic rings. The lowest BCUT2D eigenvalue weighted by molar-refractivity contribution is -0.274. The first-order valence-electron chi connectivity index (χ1n) is 6.85. The minimum absolute atomic E-state index is 0.301. The van der Waals surface area contributed by atoms with E-state index < -0.39 is 12.3 Å². The van der Waals surface area contributed by atoms with Crippen molar-refractivity contribution in [2.24, 2.45) is 0 Å². The molecule has 2 heterocycles. The molecule has 0 aliphatic heterocycles. The molecule has 0 N–H and O–H groups in total. The third-order valence-electron chi connectivity index (χ3n) is 3.08. The highest BCUT2D eigenvalue weighted by Gasteiger charge is 2.31. The van der Waals surface area contributed by atoms with Crippen LogP contribution < -0.4 is 9.47 Å². The van der Waals surface area contributed by atoms with Crippen molar-refractivity contribution in [2.75, 3.05) is 7.11 Å². The fraction of sp³-hybridized carbons (Fsp3) is 0.125. The number of aromatic nitrogens is 1. The van der Waals surface area contributed by atoms with Crippen LogP contribution in [0.2, 0.25) is 0 Å². The lowest BCUT2D eigenvalue weighted by atomic mass is 10.3. The standard InChI is InChI=1S/C16H10F3NO4S/c1-22-15(21)13-6-11-12(7-20-8-14(11)25-13)23-9-2-4-10(5-3-9)24-16(17,18)19/h2-8H,1H3. The summed E-state index contributed by atoms with van der Waals surface area (Å²) in [4.78, 5) is 16.1. The van der Waals surface area contributed by atoms with Crippen LogP contribution >= 0.6 is 11.3 Å². The zero-order valence-electron chi connectivity index (χ0n) is 12.7. The fourth-order valence-electron chi connectivity index (χ4n) is 2.05. The average Bonchev–Trinajstić information content (AvgIpc) is 3.00. The van der Waals surface area contributed by atoms with E-state index in [1.165, 1.54) is 36.8 Å². The van der Waals surface area contributed by atoms with Crippen LogP contribution in [0.15, 0.2) is 42.7 Å². The van der Waals surface area contributed by atoms with Crippen LogP contribution in [0.1, 0.15) is 9.67 Å². The Balaban J connectivity index is 1.85. The van der Waals surface area contributed by atoms with Gasteiger partial charge in [-0.1, -0.05) is 0 Å². The summed E-state index contributed by atoms with van der Waals surface area (Å²) in [5, 5.41) is 0.649. The number of pyridine rings is 1. The van der Waals surface area contributed by atoms with Crippen molar-refractivity contribution in [1.82, 2.24) is 4.98 Å². The number of alkyl halides is 3. The monoisotopic (exact) mass is 369 g/mol. The normalized spacial score (nSPS) is 11.4. The number of fused-ring (bicyclic) bond motifs is 1. The first-order valence-corrected chi connectivity index (χ1v) is 7.67. The number of rotatable bonds is 4. The summed E-state index contributed by atoms with van der Waals surface area (Å²) < 4.78 is 51.3. The molecule has 0 amide bonds. The van der Waals surface area contributed by atoms with E-state index in [9.17, 15) is 18.0 Å². The second-order valence-corrected chi connectivity index (χ2v) is 5.86. The maximum absolute atomic E-state index is 12.2. The molecular formula is C16H10F3NO4S. The SMILES string of the molecule is COC(=O)c1cc2c(Oc3ccc(OC(F)(F)F)cc3)cncc2s1. The van der Waals surface area contributed by atoms with Gasteiger partial charge in [-0.3, -0.25) is 4.98 Å². The van der Waals surface area contributed by atoms with Crippen LogP contribution in [0.4, 0.5) is 13.2 Å². The minimum atomic E-state index is -4.75. The molecule has 0 unspecified atom stereocenters. The lowest BCUT2D eigenvalue weighted by Gasteiger charge is -2.10. The van der Waals surface area contributed by atoms with E-state index in [2.05, 4.69) is 14.5 Å². The Morgan fingerprint density at radius 2 is 1.80 bits per heavy atom. The number of carbonyl (C=O) groups is 1. The molecule has 0 saturated carbocycles. The summed E-state index contributed by atoms with van der Waals surface area (Å²) in [6, 6.07) is 6.58. The molecule has 0 radical (unpaired) electrons. The summed E-state index contributed by atoms with van der Waals surface area (Å²) in [6.07, 6.45) is -1.71. The van der Waals surface area contributed by atoms with Crippen molar-refractivity contribution < 1.29 is 32.2 Å². The molecule has 3 rings (SSSR count). The third kappa shape index (κ3) is 4.00. The summed E-state index contributed by atoms with van der Waals surface area (Å²) in [6.45, 7) is 0. The van der Waals surface area contributed by atoms with Crippen LogP contribution in [0, 0.1) is 0 Å². The molecule has 5 nitrogen and oxygen atoms in total. The number of esters is 1. The van der Waals surface area contributed by atoms with E-state index in [1.54, 1.807) is 12.3 Å². The first kappa shape index (κ1) is 17.0. The molecular weight excluding hydrogens is 359 g/mol. The van der Waals surface area contributed by atoms with Crippen LogP contribution in [0.25, 0.3) is 10.1 Å². The van der Waals surface area contributed by atoms with Crippen LogP contribution in [0.3, 0.4) is 0 Å². The molecule has 1 aromatic carbocycles. The quantitative estimate of drug-likeness (QED) is 0.620. The summed E-state index contributed by atoms with van der Waals surface area (Å²) in [5.41, 5.74) is 0. The molecule has 0 fully saturated rings. The van der Waals surface area contributed by atoms with Crippen molar-refractivity contribution >= 4 is 27.4 Å². The van der Waals surface area contributed by atoms with Crippen molar-refractivity contribution in [3.05, 3.63) is 47.6 Å². The van der Waals surface area contributed by atoms with Crippen LogP contribution in [-0.2, 0) is 4.74 Å². The van der Waals surface area contributed by atoms with Gasteiger partial charge in [-0.2, -0.15) is 0 Å². The summed E-state index contributed by atoms with van der Waals surface area (Å²) in [5.74, 6) is -0.150. The van der Waals surface area contributed by atoms with Gasteiger partial charge in [-0.15, -0.1) is 24.5 Å². The Bertz CT molecular complexity index is 906. The van der Waals surface area contributed by atoms with Gasteiger partial charge in [-0.05, 0) is 30.3 Å². The zero-order valence-corrected chi connectivity index (χ0v) is 13.5. The first-order chi connectivity index (χ1) is 11.9. The number of methoxy groups -OCH3 is 1. The van der Waals surface area contributed by atoms with Gasteiger partial charge in [0.15, 0.2) is 5.75 Å². The van der Waals surface area contributed by atoms with Crippen LogP contribution in [0.5, 0.6) is 17.2 Å². The highest BCUT2D eigenvalue weighted by molar-refractivity contribution is 7.20. The Hall–Kier alpha value is -2.81. The minimum Gasteiger partial charge on any atom is -0.465 e. The van der Waals surface area contributed by atoms with E-state index in [0.717, 1.165) is 16.8 Å². The third-order valence-corrected chi connectivity index (χ3v) is 4.13. The zero-order chi connectivity index (χ0) is 18.0. The summed E-state index contributed by atoms with van der Waals surface area (Å²) >= 11 is 1.20. The number of thiophene rings is 1. The maximum Gasteiger partial charge on any atom is 0.573 e. The van der Waals surface area contributed by atoms with Gasteiger partial charge in [0.2, 0.25) is 0 Å². The number of halogens is 3. The molecule has 130 valence electrons. The predicted molar refractivity (Wildman–Crippen MR) is 84.2 cm³/mol. The van der Waals surface area contributed by atoms with Gasteiger partial charge < -0.3 is 14.2 Å². The molecule has 0 aliphatic carbocycles. The molecule has 2 aromatic heterocycles. The Morgan fingerprint density at radius 3 is 2.44 bits per heavy atom. The predicted octanol–water partition coefficient (Wildman–Crippen LogP) is 4.77. The molecule has 0 bridgehead atoms. The lowest BCUT2D eigenvalue weighted by Crippen LogP contribution is -2.16. The second kappa shape index (κ2) is 6.60. The van der Waals surface area contributed by atoms with E-state index in [0.29, 0.717) is 21.8 Å². The van der Waals surface area contributed by atoms with Crippen molar-refractivity contribution in [1.29, 1.82) is 0 Å². The van der Waals surface area contributed by atoms with E-state index in [-0.39, 0.29) is 5.75 Å². The smallest absolute Gasteiger partial charge is 0.465 e. The van der Waals surface area contributed by atoms with Gasteiger partial charge >= 0.3 is 12.3 Å².